The van der Waals surface area contributed by atoms with E-state index in [1.54, 1.807) is 25.3 Å². The van der Waals surface area contributed by atoms with Gasteiger partial charge in [-0.15, -0.1) is 0 Å². The minimum Gasteiger partial charge on any atom is -0.394 e. The maximum absolute atomic E-state index is 12.0. The second-order valence-corrected chi connectivity index (χ2v) is 4.62. The molecule has 1 rings (SSSR count). The third-order valence-electron chi connectivity index (χ3n) is 2.56. The van der Waals surface area contributed by atoms with Crippen LogP contribution in [0.15, 0.2) is 18.3 Å². The SMILES string of the molecule is Cc1ncccc1C(=O)NC(CO)CC(C)C. The number of nitrogens with one attached hydrogen (secondary N) is 1. The highest BCUT2D eigenvalue weighted by molar-refractivity contribution is 5.95. The highest BCUT2D eigenvalue weighted by Crippen LogP contribution is 2.07. The Labute approximate surface area is 102 Å². The van der Waals surface area contributed by atoms with Crippen molar-refractivity contribution in [1.29, 1.82) is 0 Å². The molecule has 1 amide bonds. The standard InChI is InChI=1S/C13H20N2O2/c1-9(2)7-11(8-16)15-13(17)12-5-4-6-14-10(12)3/h4-6,9,11,16H,7-8H2,1-3H3,(H,15,17). The van der Waals surface area contributed by atoms with Crippen LogP contribution in [0.2, 0.25) is 0 Å². The molecule has 1 atom stereocenters. The van der Waals surface area contributed by atoms with E-state index in [9.17, 15) is 9.90 Å². The summed E-state index contributed by atoms with van der Waals surface area (Å²) in [4.78, 5) is 16.0. The molecule has 0 radical (unpaired) electrons. The number of nitrogens with zero attached hydrogens (tertiary/aromatic N) is 1. The number of aromatic nitrogens is 1. The summed E-state index contributed by atoms with van der Waals surface area (Å²) >= 11 is 0. The van der Waals surface area contributed by atoms with E-state index < -0.39 is 0 Å². The number of rotatable bonds is 5. The van der Waals surface area contributed by atoms with Crippen molar-refractivity contribution < 1.29 is 9.90 Å². The van der Waals surface area contributed by atoms with Gasteiger partial charge in [-0.1, -0.05) is 13.8 Å². The van der Waals surface area contributed by atoms with E-state index in [1.165, 1.54) is 0 Å². The van der Waals surface area contributed by atoms with Gasteiger partial charge in [0.25, 0.3) is 5.91 Å². The minimum atomic E-state index is -0.192. The van der Waals surface area contributed by atoms with E-state index >= 15 is 0 Å². The maximum Gasteiger partial charge on any atom is 0.253 e. The van der Waals surface area contributed by atoms with Crippen LogP contribution in [0.25, 0.3) is 0 Å². The van der Waals surface area contributed by atoms with Crippen LogP contribution < -0.4 is 5.32 Å². The third-order valence-corrected chi connectivity index (χ3v) is 2.56. The van der Waals surface area contributed by atoms with E-state index in [0.717, 1.165) is 6.42 Å². The number of hydrogen-bond acceptors (Lipinski definition) is 3. The van der Waals surface area contributed by atoms with Crippen LogP contribution in [0, 0.1) is 12.8 Å². The maximum atomic E-state index is 12.0. The monoisotopic (exact) mass is 236 g/mol. The molecule has 94 valence electrons. The van der Waals surface area contributed by atoms with Crippen LogP contribution in [-0.4, -0.2) is 28.6 Å². The molecule has 1 heterocycles. The molecule has 2 N–H and O–H groups in total. The minimum absolute atomic E-state index is 0.0385. The fraction of sp³-hybridized carbons (Fsp3) is 0.538. The third kappa shape index (κ3) is 4.15. The van der Waals surface area contributed by atoms with Crippen molar-refractivity contribution in [3.8, 4) is 0 Å². The van der Waals surface area contributed by atoms with E-state index in [0.29, 0.717) is 17.2 Å². The van der Waals surface area contributed by atoms with Crippen LogP contribution in [0.5, 0.6) is 0 Å². The number of aryl methyl sites for hydroxylation is 1. The zero-order valence-corrected chi connectivity index (χ0v) is 10.6. The molecule has 0 aliphatic heterocycles. The van der Waals surface area contributed by atoms with E-state index in [2.05, 4.69) is 24.1 Å². The van der Waals surface area contributed by atoms with Crippen molar-refractivity contribution in [3.05, 3.63) is 29.6 Å². The van der Waals surface area contributed by atoms with Crippen molar-refractivity contribution in [2.45, 2.75) is 33.2 Å². The summed E-state index contributed by atoms with van der Waals surface area (Å²) in [5.41, 5.74) is 1.26. The zero-order valence-electron chi connectivity index (χ0n) is 10.6. The summed E-state index contributed by atoms with van der Waals surface area (Å²) in [7, 11) is 0. The van der Waals surface area contributed by atoms with Gasteiger partial charge in [0.05, 0.1) is 18.2 Å². The number of amides is 1. The van der Waals surface area contributed by atoms with E-state index in [1.807, 2.05) is 0 Å². The molecule has 0 saturated carbocycles. The van der Waals surface area contributed by atoms with Crippen LogP contribution in [-0.2, 0) is 0 Å². The number of aliphatic hydroxyl groups excluding tert-OH is 1. The smallest absolute Gasteiger partial charge is 0.253 e. The van der Waals surface area contributed by atoms with Gasteiger partial charge >= 0.3 is 0 Å². The van der Waals surface area contributed by atoms with Gasteiger partial charge in [0, 0.05) is 11.9 Å². The van der Waals surface area contributed by atoms with Gasteiger partial charge in [0.1, 0.15) is 0 Å². The Kier molecular flexibility index (Phi) is 5.10. The number of carbonyl (C=O) groups excluding carboxylic acids is 1. The van der Waals surface area contributed by atoms with Gasteiger partial charge in [0.2, 0.25) is 0 Å². The summed E-state index contributed by atoms with van der Waals surface area (Å²) in [6.07, 6.45) is 2.42. The molecule has 1 unspecified atom stereocenters. The Bertz CT molecular complexity index is 377. The predicted octanol–water partition coefficient (Wildman–Crippen LogP) is 1.53. The van der Waals surface area contributed by atoms with Gasteiger partial charge in [-0.3, -0.25) is 9.78 Å². The van der Waals surface area contributed by atoms with Gasteiger partial charge in [-0.05, 0) is 31.4 Å². The number of aliphatic hydroxyl groups is 1. The van der Waals surface area contributed by atoms with E-state index in [-0.39, 0.29) is 18.6 Å². The molecule has 4 heteroatoms. The molecule has 0 aromatic carbocycles. The molecule has 17 heavy (non-hydrogen) atoms. The Morgan fingerprint density at radius 3 is 2.76 bits per heavy atom. The molecule has 0 aliphatic rings. The second kappa shape index (κ2) is 6.35. The molecule has 0 aliphatic carbocycles. The largest absolute Gasteiger partial charge is 0.394 e. The summed E-state index contributed by atoms with van der Waals surface area (Å²) in [5, 5.41) is 12.0. The first-order valence-corrected chi connectivity index (χ1v) is 5.88. The normalized spacial score (nSPS) is 12.5. The van der Waals surface area contributed by atoms with Crippen LogP contribution >= 0.6 is 0 Å². The Hall–Kier alpha value is -1.42. The first-order chi connectivity index (χ1) is 8.04. The van der Waals surface area contributed by atoms with E-state index in [4.69, 9.17) is 0 Å². The Balaban J connectivity index is 2.68. The van der Waals surface area contributed by atoms with Crippen LogP contribution in [0.3, 0.4) is 0 Å². The van der Waals surface area contributed by atoms with Crippen molar-refractivity contribution in [3.63, 3.8) is 0 Å². The van der Waals surface area contributed by atoms with Crippen LogP contribution in [0.1, 0.15) is 36.3 Å². The topological polar surface area (TPSA) is 62.2 Å². The van der Waals surface area contributed by atoms with Gasteiger partial charge in [-0.2, -0.15) is 0 Å². The molecule has 4 nitrogen and oxygen atoms in total. The molecule has 0 fully saturated rings. The highest BCUT2D eigenvalue weighted by Gasteiger charge is 2.15. The molecule has 0 saturated heterocycles. The summed E-state index contributed by atoms with van der Waals surface area (Å²) in [6.45, 7) is 5.88. The fourth-order valence-corrected chi connectivity index (χ4v) is 1.74. The summed E-state index contributed by atoms with van der Waals surface area (Å²) in [5.74, 6) is 0.262. The first kappa shape index (κ1) is 13.6. The number of carbonyl (C=O) groups is 1. The Morgan fingerprint density at radius 1 is 1.53 bits per heavy atom. The van der Waals surface area contributed by atoms with Gasteiger partial charge < -0.3 is 10.4 Å². The summed E-state index contributed by atoms with van der Waals surface area (Å²) < 4.78 is 0. The molecular weight excluding hydrogens is 216 g/mol. The number of pyridine rings is 1. The lowest BCUT2D eigenvalue weighted by molar-refractivity contribution is 0.0907. The predicted molar refractivity (Wildman–Crippen MR) is 66.8 cm³/mol. The van der Waals surface area contributed by atoms with Crippen molar-refractivity contribution in [2.24, 2.45) is 5.92 Å². The second-order valence-electron chi connectivity index (χ2n) is 4.62. The molecule has 0 bridgehead atoms. The molecule has 1 aromatic heterocycles. The first-order valence-electron chi connectivity index (χ1n) is 5.88. The average Bonchev–Trinajstić information content (AvgIpc) is 2.27. The molecule has 0 spiro atoms. The quantitative estimate of drug-likeness (QED) is 0.815. The lowest BCUT2D eigenvalue weighted by atomic mass is 10.0. The van der Waals surface area contributed by atoms with Gasteiger partial charge in [0.15, 0.2) is 0 Å². The zero-order chi connectivity index (χ0) is 12.8. The van der Waals surface area contributed by atoms with Crippen molar-refractivity contribution >= 4 is 5.91 Å². The summed E-state index contributed by atoms with van der Waals surface area (Å²) in [6, 6.07) is 3.28. The lowest BCUT2D eigenvalue weighted by Gasteiger charge is -2.18. The number of hydrogen-bond donors (Lipinski definition) is 2. The molecular formula is C13H20N2O2. The highest BCUT2D eigenvalue weighted by atomic mass is 16.3. The van der Waals surface area contributed by atoms with Crippen molar-refractivity contribution in [1.82, 2.24) is 10.3 Å². The lowest BCUT2D eigenvalue weighted by Crippen LogP contribution is -2.38. The van der Waals surface area contributed by atoms with Gasteiger partial charge in [-0.25, -0.2) is 0 Å². The fourth-order valence-electron chi connectivity index (χ4n) is 1.74. The van der Waals surface area contributed by atoms with Crippen LogP contribution in [0.4, 0.5) is 0 Å². The average molecular weight is 236 g/mol. The Morgan fingerprint density at radius 2 is 2.24 bits per heavy atom. The van der Waals surface area contributed by atoms with Crippen molar-refractivity contribution in [2.75, 3.05) is 6.61 Å². The molecule has 1 aromatic rings.